The molecule has 0 aliphatic rings. The Kier molecular flexibility index (Phi) is 7.97. The van der Waals surface area contributed by atoms with Crippen molar-refractivity contribution in [3.8, 4) is 17.6 Å². The predicted octanol–water partition coefficient (Wildman–Crippen LogP) is 7.94. The molecule has 0 amide bonds. The Hall–Kier alpha value is -2.52. The fraction of sp³-hybridized carbons (Fsp3) is 0.125. The highest BCUT2D eigenvalue weighted by molar-refractivity contribution is 9.10. The lowest BCUT2D eigenvalue weighted by atomic mass is 10.0. The molecule has 3 rings (SSSR count). The fourth-order valence-corrected chi connectivity index (χ4v) is 3.94. The minimum Gasteiger partial charge on any atom is -0.490 e. The maximum atomic E-state index is 13.1. The SMILES string of the molecule is CCOc1cc(/C=C(\C#N)c2ccc(Cl)cc2Cl)cc(Br)c1OCc1ccc(F)cc1. The van der Waals surface area contributed by atoms with Crippen molar-refractivity contribution >= 4 is 50.8 Å². The van der Waals surface area contributed by atoms with Crippen LogP contribution >= 0.6 is 39.1 Å². The molecule has 3 aromatic rings. The fourth-order valence-electron chi connectivity index (χ4n) is 2.86. The smallest absolute Gasteiger partial charge is 0.175 e. The molecule has 0 saturated carbocycles. The molecular weight excluding hydrogens is 504 g/mol. The zero-order valence-corrected chi connectivity index (χ0v) is 19.6. The van der Waals surface area contributed by atoms with Gasteiger partial charge in [0.15, 0.2) is 11.5 Å². The first kappa shape index (κ1) is 23.1. The first-order valence-electron chi connectivity index (χ1n) is 9.32. The molecule has 0 saturated heterocycles. The Bertz CT molecular complexity index is 1160. The molecule has 0 unspecified atom stereocenters. The summed E-state index contributed by atoms with van der Waals surface area (Å²) >= 11 is 15.7. The molecule has 0 fully saturated rings. The summed E-state index contributed by atoms with van der Waals surface area (Å²) in [5, 5.41) is 10.5. The Balaban J connectivity index is 1.94. The Morgan fingerprint density at radius 2 is 1.84 bits per heavy atom. The van der Waals surface area contributed by atoms with E-state index in [0.717, 1.165) is 11.1 Å². The summed E-state index contributed by atoms with van der Waals surface area (Å²) in [6.07, 6.45) is 1.71. The third kappa shape index (κ3) is 6.01. The van der Waals surface area contributed by atoms with E-state index in [0.29, 0.717) is 43.8 Å². The Labute approximate surface area is 198 Å². The van der Waals surface area contributed by atoms with Crippen molar-refractivity contribution in [1.29, 1.82) is 5.26 Å². The number of nitriles is 1. The summed E-state index contributed by atoms with van der Waals surface area (Å²) in [5.41, 5.74) is 2.52. The van der Waals surface area contributed by atoms with Gasteiger partial charge in [-0.05, 0) is 76.5 Å². The standard InChI is InChI=1S/C24H17BrCl2FNO2/c1-2-30-23-11-16(9-17(13-29)20-8-5-18(26)12-22(20)27)10-21(25)24(23)31-14-15-3-6-19(28)7-4-15/h3-12H,2,14H2,1H3/b17-9+. The van der Waals surface area contributed by atoms with Gasteiger partial charge >= 0.3 is 0 Å². The van der Waals surface area contributed by atoms with Crippen molar-refractivity contribution in [2.75, 3.05) is 6.61 Å². The number of halogens is 4. The van der Waals surface area contributed by atoms with Crippen LogP contribution in [0.2, 0.25) is 10.0 Å². The van der Waals surface area contributed by atoms with Crippen LogP contribution < -0.4 is 9.47 Å². The molecule has 0 atom stereocenters. The van der Waals surface area contributed by atoms with Crippen molar-refractivity contribution in [2.45, 2.75) is 13.5 Å². The van der Waals surface area contributed by atoms with Crippen LogP contribution in [-0.4, -0.2) is 6.61 Å². The van der Waals surface area contributed by atoms with Gasteiger partial charge in [-0.2, -0.15) is 5.26 Å². The van der Waals surface area contributed by atoms with E-state index in [9.17, 15) is 9.65 Å². The summed E-state index contributed by atoms with van der Waals surface area (Å²) in [6, 6.07) is 16.9. The van der Waals surface area contributed by atoms with Crippen LogP contribution in [0.1, 0.15) is 23.6 Å². The number of hydrogen-bond donors (Lipinski definition) is 0. The molecule has 0 aliphatic carbocycles. The summed E-state index contributed by atoms with van der Waals surface area (Å²) in [5.74, 6) is 0.737. The first-order valence-corrected chi connectivity index (χ1v) is 10.9. The topological polar surface area (TPSA) is 42.2 Å². The first-order chi connectivity index (χ1) is 14.9. The highest BCUT2D eigenvalue weighted by Crippen LogP contribution is 2.39. The van der Waals surface area contributed by atoms with Gasteiger partial charge in [0.25, 0.3) is 0 Å². The number of nitrogens with zero attached hydrogens (tertiary/aromatic N) is 1. The average molecular weight is 521 g/mol. The molecule has 3 nitrogen and oxygen atoms in total. The minimum absolute atomic E-state index is 0.248. The van der Waals surface area contributed by atoms with Crippen LogP contribution in [0.5, 0.6) is 11.5 Å². The van der Waals surface area contributed by atoms with E-state index < -0.39 is 0 Å². The molecule has 0 aromatic heterocycles. The van der Waals surface area contributed by atoms with Gasteiger partial charge in [0.1, 0.15) is 12.4 Å². The number of rotatable bonds is 7. The van der Waals surface area contributed by atoms with E-state index in [1.54, 1.807) is 42.5 Å². The maximum absolute atomic E-state index is 13.1. The minimum atomic E-state index is -0.301. The molecule has 0 bridgehead atoms. The van der Waals surface area contributed by atoms with Crippen molar-refractivity contribution in [3.63, 3.8) is 0 Å². The van der Waals surface area contributed by atoms with Gasteiger partial charge in [-0.1, -0.05) is 41.4 Å². The van der Waals surface area contributed by atoms with Crippen LogP contribution in [0.15, 0.2) is 59.1 Å². The van der Waals surface area contributed by atoms with Crippen molar-refractivity contribution in [3.05, 3.63) is 91.6 Å². The Morgan fingerprint density at radius 3 is 2.48 bits per heavy atom. The van der Waals surface area contributed by atoms with Crippen LogP contribution in [0.25, 0.3) is 11.6 Å². The second-order valence-electron chi connectivity index (χ2n) is 6.47. The van der Waals surface area contributed by atoms with Gasteiger partial charge in [-0.25, -0.2) is 4.39 Å². The van der Waals surface area contributed by atoms with E-state index in [-0.39, 0.29) is 12.4 Å². The molecule has 0 spiro atoms. The molecule has 0 aliphatic heterocycles. The van der Waals surface area contributed by atoms with Crippen LogP contribution in [0.3, 0.4) is 0 Å². The van der Waals surface area contributed by atoms with E-state index in [1.807, 2.05) is 13.0 Å². The van der Waals surface area contributed by atoms with Gasteiger partial charge < -0.3 is 9.47 Å². The lowest BCUT2D eigenvalue weighted by molar-refractivity contribution is 0.267. The highest BCUT2D eigenvalue weighted by Gasteiger charge is 2.14. The second kappa shape index (κ2) is 10.7. The molecular formula is C24H17BrCl2FNO2. The van der Waals surface area contributed by atoms with Crippen LogP contribution in [0.4, 0.5) is 4.39 Å². The number of hydrogen-bond acceptors (Lipinski definition) is 3. The van der Waals surface area contributed by atoms with Crippen molar-refractivity contribution in [1.82, 2.24) is 0 Å². The van der Waals surface area contributed by atoms with Crippen molar-refractivity contribution in [2.24, 2.45) is 0 Å². The summed E-state index contributed by atoms with van der Waals surface area (Å²) in [7, 11) is 0. The quantitative estimate of drug-likeness (QED) is 0.234. The zero-order valence-electron chi connectivity index (χ0n) is 16.5. The lowest BCUT2D eigenvalue weighted by Gasteiger charge is -2.15. The lowest BCUT2D eigenvalue weighted by Crippen LogP contribution is -2.01. The molecule has 31 heavy (non-hydrogen) atoms. The highest BCUT2D eigenvalue weighted by atomic mass is 79.9. The van der Waals surface area contributed by atoms with Crippen molar-refractivity contribution < 1.29 is 13.9 Å². The number of allylic oxidation sites excluding steroid dienone is 1. The average Bonchev–Trinajstić information content (AvgIpc) is 2.73. The van der Waals surface area contributed by atoms with Gasteiger partial charge in [0.2, 0.25) is 0 Å². The van der Waals surface area contributed by atoms with E-state index in [4.69, 9.17) is 32.7 Å². The molecule has 3 aromatic carbocycles. The summed E-state index contributed by atoms with van der Waals surface area (Å²) < 4.78 is 25.5. The van der Waals surface area contributed by atoms with Gasteiger partial charge in [0, 0.05) is 10.6 Å². The molecule has 158 valence electrons. The summed E-state index contributed by atoms with van der Waals surface area (Å²) in [4.78, 5) is 0. The monoisotopic (exact) mass is 519 g/mol. The molecule has 0 heterocycles. The van der Waals surface area contributed by atoms with Crippen LogP contribution in [-0.2, 0) is 6.61 Å². The number of ether oxygens (including phenoxy) is 2. The van der Waals surface area contributed by atoms with Gasteiger partial charge in [-0.15, -0.1) is 0 Å². The third-order valence-corrected chi connectivity index (χ3v) is 5.42. The largest absolute Gasteiger partial charge is 0.490 e. The van der Waals surface area contributed by atoms with E-state index in [1.165, 1.54) is 12.1 Å². The molecule has 7 heteroatoms. The second-order valence-corrected chi connectivity index (χ2v) is 8.17. The molecule has 0 N–H and O–H groups in total. The normalized spacial score (nSPS) is 11.2. The number of benzene rings is 3. The zero-order chi connectivity index (χ0) is 22.4. The summed E-state index contributed by atoms with van der Waals surface area (Å²) in [6.45, 7) is 2.55. The van der Waals surface area contributed by atoms with Crippen LogP contribution in [0, 0.1) is 17.1 Å². The third-order valence-electron chi connectivity index (χ3n) is 4.28. The van der Waals surface area contributed by atoms with Gasteiger partial charge in [-0.3, -0.25) is 0 Å². The van der Waals surface area contributed by atoms with E-state index in [2.05, 4.69) is 22.0 Å². The Morgan fingerprint density at radius 1 is 1.10 bits per heavy atom. The van der Waals surface area contributed by atoms with Gasteiger partial charge in [0.05, 0.1) is 27.7 Å². The molecule has 0 radical (unpaired) electrons. The van der Waals surface area contributed by atoms with E-state index >= 15 is 0 Å². The predicted molar refractivity (Wildman–Crippen MR) is 126 cm³/mol. The maximum Gasteiger partial charge on any atom is 0.175 e.